The lowest BCUT2D eigenvalue weighted by molar-refractivity contribution is -0.122. The number of nitrogens with zero attached hydrogens (tertiary/aromatic N) is 1. The van der Waals surface area contributed by atoms with Crippen molar-refractivity contribution in [2.45, 2.75) is 18.9 Å². The van der Waals surface area contributed by atoms with Crippen molar-refractivity contribution in [2.24, 2.45) is 0 Å². The van der Waals surface area contributed by atoms with Crippen molar-refractivity contribution in [2.75, 3.05) is 13.2 Å². The zero-order valence-corrected chi connectivity index (χ0v) is 17.9. The summed E-state index contributed by atoms with van der Waals surface area (Å²) in [5.74, 6) is -1.29. The summed E-state index contributed by atoms with van der Waals surface area (Å²) >= 11 is 0. The van der Waals surface area contributed by atoms with E-state index in [1.807, 2.05) is 30.3 Å². The van der Waals surface area contributed by atoms with E-state index in [2.05, 4.69) is 5.32 Å². The molecule has 0 bridgehead atoms. The summed E-state index contributed by atoms with van der Waals surface area (Å²) in [4.78, 5) is 38.7. The van der Waals surface area contributed by atoms with Gasteiger partial charge in [-0.2, -0.15) is 0 Å². The Balaban J connectivity index is 1.34. The zero-order chi connectivity index (χ0) is 23.2. The van der Waals surface area contributed by atoms with Gasteiger partial charge in [0.05, 0.1) is 17.2 Å². The fourth-order valence-electron chi connectivity index (χ4n) is 3.75. The number of ether oxygens (including phenoxy) is 1. The van der Waals surface area contributed by atoms with Crippen molar-refractivity contribution < 1.29 is 23.5 Å². The number of hydrogen-bond acceptors (Lipinski definition) is 4. The number of imide groups is 1. The summed E-state index contributed by atoms with van der Waals surface area (Å²) in [5.41, 5.74) is 1.60. The maximum atomic E-state index is 13.9. The molecule has 1 aliphatic heterocycles. The van der Waals surface area contributed by atoms with Crippen molar-refractivity contribution in [1.29, 1.82) is 0 Å². The van der Waals surface area contributed by atoms with Gasteiger partial charge in [0, 0.05) is 13.0 Å². The number of benzene rings is 3. The number of amides is 3. The molecule has 33 heavy (non-hydrogen) atoms. The second-order valence-corrected chi connectivity index (χ2v) is 7.68. The van der Waals surface area contributed by atoms with Crippen LogP contribution in [0.3, 0.4) is 0 Å². The van der Waals surface area contributed by atoms with E-state index in [4.69, 9.17) is 4.74 Å². The monoisotopic (exact) mass is 446 g/mol. The number of halogens is 1. The van der Waals surface area contributed by atoms with Gasteiger partial charge in [-0.05, 0) is 36.2 Å². The number of para-hydroxylation sites is 1. The van der Waals surface area contributed by atoms with Crippen LogP contribution in [0.5, 0.6) is 5.75 Å². The Morgan fingerprint density at radius 2 is 1.48 bits per heavy atom. The van der Waals surface area contributed by atoms with E-state index in [-0.39, 0.29) is 43.0 Å². The molecule has 4 rings (SSSR count). The normalized spacial score (nSPS) is 13.5. The molecule has 0 saturated carbocycles. The molecule has 0 spiro atoms. The van der Waals surface area contributed by atoms with Crippen LogP contribution in [0.2, 0.25) is 0 Å². The molecule has 0 aromatic heterocycles. The lowest BCUT2D eigenvalue weighted by Gasteiger charge is -2.20. The fraction of sp³-hybridized carbons (Fsp3) is 0.192. The molecule has 1 unspecified atom stereocenters. The van der Waals surface area contributed by atoms with E-state index in [0.717, 1.165) is 5.56 Å². The number of nitrogens with one attached hydrogen (secondary N) is 1. The smallest absolute Gasteiger partial charge is 0.261 e. The Morgan fingerprint density at radius 1 is 0.879 bits per heavy atom. The van der Waals surface area contributed by atoms with E-state index < -0.39 is 11.9 Å². The second kappa shape index (κ2) is 10.1. The largest absolute Gasteiger partial charge is 0.488 e. The number of carbonyl (C=O) groups is 3. The van der Waals surface area contributed by atoms with Crippen molar-refractivity contribution in [3.05, 3.63) is 101 Å². The van der Waals surface area contributed by atoms with Gasteiger partial charge in [0.1, 0.15) is 6.61 Å². The van der Waals surface area contributed by atoms with Crippen LogP contribution in [0.25, 0.3) is 0 Å². The van der Waals surface area contributed by atoms with Crippen molar-refractivity contribution in [3.8, 4) is 5.75 Å². The van der Waals surface area contributed by atoms with Gasteiger partial charge in [-0.3, -0.25) is 19.3 Å². The molecule has 1 atom stereocenters. The summed E-state index contributed by atoms with van der Waals surface area (Å²) in [6, 6.07) is 21.6. The molecule has 1 N–H and O–H groups in total. The van der Waals surface area contributed by atoms with E-state index in [1.165, 1.54) is 17.0 Å². The maximum Gasteiger partial charge on any atom is 0.261 e. The number of rotatable bonds is 9. The molecule has 1 heterocycles. The summed E-state index contributed by atoms with van der Waals surface area (Å²) in [6.45, 7) is 0.205. The lowest BCUT2D eigenvalue weighted by atomic mass is 10.1. The summed E-state index contributed by atoms with van der Waals surface area (Å²) in [5, 5.41) is 2.91. The highest BCUT2D eigenvalue weighted by molar-refractivity contribution is 6.21. The van der Waals surface area contributed by atoms with Gasteiger partial charge in [0.2, 0.25) is 5.91 Å². The van der Waals surface area contributed by atoms with Gasteiger partial charge in [-0.25, -0.2) is 4.39 Å². The van der Waals surface area contributed by atoms with Crippen LogP contribution in [0.4, 0.5) is 4.39 Å². The molecule has 0 saturated heterocycles. The molecule has 0 radical (unpaired) electrons. The summed E-state index contributed by atoms with van der Waals surface area (Å²) in [7, 11) is 0. The zero-order valence-electron chi connectivity index (χ0n) is 17.9. The molecule has 1 aliphatic rings. The number of fused-ring (bicyclic) bond motifs is 1. The van der Waals surface area contributed by atoms with Crippen molar-refractivity contribution >= 4 is 17.7 Å². The molecule has 3 aromatic carbocycles. The first-order valence-corrected chi connectivity index (χ1v) is 10.7. The molecular formula is C26H23FN2O4. The minimum atomic E-state index is -0.488. The highest BCUT2D eigenvalue weighted by Gasteiger charge is 2.34. The average Bonchev–Trinajstić information content (AvgIpc) is 3.08. The quantitative estimate of drug-likeness (QED) is 0.502. The third-order valence-electron chi connectivity index (χ3n) is 5.44. The maximum absolute atomic E-state index is 13.9. The first kappa shape index (κ1) is 22.2. The van der Waals surface area contributed by atoms with Crippen LogP contribution in [-0.2, 0) is 4.79 Å². The van der Waals surface area contributed by atoms with E-state index in [0.29, 0.717) is 17.5 Å². The molecule has 0 aliphatic carbocycles. The fourth-order valence-corrected chi connectivity index (χ4v) is 3.75. The van der Waals surface area contributed by atoms with E-state index >= 15 is 0 Å². The first-order chi connectivity index (χ1) is 16.0. The Bertz CT molecular complexity index is 1130. The van der Waals surface area contributed by atoms with Crippen LogP contribution in [0.15, 0.2) is 78.9 Å². The highest BCUT2D eigenvalue weighted by Crippen LogP contribution is 2.23. The Labute approximate surface area is 191 Å². The Hall–Kier alpha value is -4.00. The standard InChI is InChI=1S/C26H23FN2O4/c27-21-13-6-7-14-23(21)33-17-22(18-9-2-1-3-10-18)28-24(30)15-8-16-29-25(31)19-11-4-5-12-20(19)26(29)32/h1-7,9-14,22H,8,15-17H2,(H,28,30). The molecule has 3 aromatic rings. The predicted molar refractivity (Wildman–Crippen MR) is 120 cm³/mol. The molecule has 3 amide bonds. The lowest BCUT2D eigenvalue weighted by Crippen LogP contribution is -2.34. The van der Waals surface area contributed by atoms with Gasteiger partial charge in [-0.15, -0.1) is 0 Å². The van der Waals surface area contributed by atoms with E-state index in [9.17, 15) is 18.8 Å². The van der Waals surface area contributed by atoms with Crippen LogP contribution in [0.1, 0.15) is 45.2 Å². The molecule has 6 nitrogen and oxygen atoms in total. The minimum absolute atomic E-state index is 0.0507. The van der Waals surface area contributed by atoms with Crippen LogP contribution < -0.4 is 10.1 Å². The summed E-state index contributed by atoms with van der Waals surface area (Å²) < 4.78 is 19.5. The van der Waals surface area contributed by atoms with E-state index in [1.54, 1.807) is 36.4 Å². The van der Waals surface area contributed by atoms with Gasteiger partial charge >= 0.3 is 0 Å². The SMILES string of the molecule is O=C(CCCN1C(=O)c2ccccc2C1=O)NC(COc1ccccc1F)c1ccccc1. The van der Waals surface area contributed by atoms with Crippen LogP contribution in [0, 0.1) is 5.82 Å². The summed E-state index contributed by atoms with van der Waals surface area (Å²) in [6.07, 6.45) is 0.448. The van der Waals surface area contributed by atoms with Crippen molar-refractivity contribution in [1.82, 2.24) is 10.2 Å². The first-order valence-electron chi connectivity index (χ1n) is 10.7. The third kappa shape index (κ3) is 5.09. The predicted octanol–water partition coefficient (Wildman–Crippen LogP) is 4.14. The molecular weight excluding hydrogens is 423 g/mol. The average molecular weight is 446 g/mol. The number of carbonyl (C=O) groups excluding carboxylic acids is 3. The molecule has 7 heteroatoms. The topological polar surface area (TPSA) is 75.7 Å². The number of hydrogen-bond donors (Lipinski definition) is 1. The Morgan fingerprint density at radius 3 is 2.15 bits per heavy atom. The van der Waals surface area contributed by atoms with Crippen molar-refractivity contribution in [3.63, 3.8) is 0 Å². The van der Waals surface area contributed by atoms with Gasteiger partial charge in [0.25, 0.3) is 11.8 Å². The van der Waals surface area contributed by atoms with Gasteiger partial charge < -0.3 is 10.1 Å². The van der Waals surface area contributed by atoms with Gasteiger partial charge in [0.15, 0.2) is 11.6 Å². The van der Waals surface area contributed by atoms with Crippen LogP contribution >= 0.6 is 0 Å². The third-order valence-corrected chi connectivity index (χ3v) is 5.44. The molecule has 168 valence electrons. The molecule has 0 fully saturated rings. The Kier molecular flexibility index (Phi) is 6.78. The minimum Gasteiger partial charge on any atom is -0.488 e. The van der Waals surface area contributed by atoms with Crippen LogP contribution in [-0.4, -0.2) is 35.8 Å². The second-order valence-electron chi connectivity index (χ2n) is 7.68. The van der Waals surface area contributed by atoms with Gasteiger partial charge in [-0.1, -0.05) is 54.6 Å². The highest BCUT2D eigenvalue weighted by atomic mass is 19.1.